The molecule has 356 valence electrons. The minimum Gasteiger partial charge on any atom is -0.479 e. The summed E-state index contributed by atoms with van der Waals surface area (Å²) in [6, 6.07) is 17.0. The number of ether oxygens (including phenoxy) is 2. The van der Waals surface area contributed by atoms with Crippen LogP contribution in [0.4, 0.5) is 0 Å². The molecule has 0 spiro atoms. The Bertz CT molecular complexity index is 2610. The highest BCUT2D eigenvalue weighted by Crippen LogP contribution is 2.45. The van der Waals surface area contributed by atoms with Gasteiger partial charge in [0.1, 0.15) is 22.8 Å². The first kappa shape index (κ1) is 45.2. The third kappa shape index (κ3) is 9.07. The predicted molar refractivity (Wildman–Crippen MR) is 267 cm³/mol. The van der Waals surface area contributed by atoms with Crippen LogP contribution < -0.4 is 9.47 Å². The summed E-state index contributed by atoms with van der Waals surface area (Å²) >= 11 is 13.0. The number of hydrogen-bond donors (Lipinski definition) is 2. The molecular formula is C52H60Cl2N10O4. The number of nitrogens with one attached hydrogen (secondary N) is 2. The van der Waals surface area contributed by atoms with E-state index in [2.05, 4.69) is 53.6 Å². The van der Waals surface area contributed by atoms with Gasteiger partial charge in [-0.15, -0.1) is 0 Å². The zero-order valence-electron chi connectivity index (χ0n) is 38.9. The summed E-state index contributed by atoms with van der Waals surface area (Å²) in [5.41, 5.74) is 7.46. The minimum absolute atomic E-state index is 0.0859. The number of halogens is 2. The molecule has 0 bridgehead atoms. The second-order valence-electron chi connectivity index (χ2n) is 19.5. The van der Waals surface area contributed by atoms with Gasteiger partial charge < -0.3 is 39.0 Å². The lowest BCUT2D eigenvalue weighted by Gasteiger charge is -2.42. The van der Waals surface area contributed by atoms with E-state index in [0.29, 0.717) is 35.0 Å². The number of carbonyl (C=O) groups is 2. The van der Waals surface area contributed by atoms with Gasteiger partial charge in [0, 0.05) is 145 Å². The smallest absolute Gasteiger partial charge is 0.264 e. The number of rotatable bonds is 6. The van der Waals surface area contributed by atoms with Gasteiger partial charge >= 0.3 is 0 Å². The minimum atomic E-state index is -0.495. The highest BCUT2D eigenvalue weighted by Gasteiger charge is 2.39. The lowest BCUT2D eigenvalue weighted by Crippen LogP contribution is -2.56. The van der Waals surface area contributed by atoms with Crippen molar-refractivity contribution >= 4 is 57.1 Å². The number of carbonyl (C=O) groups excluding carboxylic acids is 2. The largest absolute Gasteiger partial charge is 0.479 e. The van der Waals surface area contributed by atoms with Gasteiger partial charge in [-0.25, -0.2) is 9.97 Å². The Balaban J connectivity index is 0.000000149. The number of H-pyrrole nitrogens is 2. The number of piperidine rings is 2. The fourth-order valence-corrected chi connectivity index (χ4v) is 11.9. The quantitative estimate of drug-likeness (QED) is 0.183. The second-order valence-corrected chi connectivity index (χ2v) is 20.4. The maximum Gasteiger partial charge on any atom is 0.264 e. The van der Waals surface area contributed by atoms with E-state index in [4.69, 9.17) is 32.7 Å². The van der Waals surface area contributed by atoms with Crippen molar-refractivity contribution in [2.24, 2.45) is 0 Å². The molecule has 6 aliphatic heterocycles. The van der Waals surface area contributed by atoms with Crippen LogP contribution in [0.2, 0.25) is 10.0 Å². The Hall–Kier alpha value is -5.22. The number of pyridine rings is 2. The SMILES string of the molecule is CN1CCC(N2CCN(C(=O)[C@@H]3Cc4cc(Cl)cc(-c5ccnc6[nH]ccc56)c4O3)CC2)CC1.CN1CCC(N2CCN(C(=O)[C@H]3Cc4cc(Cl)cc(-c5ccnc6[nH]ccc56)c4O3)CC2)CC1. The molecule has 10 heterocycles. The van der Waals surface area contributed by atoms with Gasteiger partial charge in [-0.1, -0.05) is 23.2 Å². The molecule has 14 nitrogen and oxygen atoms in total. The van der Waals surface area contributed by atoms with Crippen LogP contribution in [-0.2, 0) is 22.4 Å². The number of amides is 2. The molecule has 0 radical (unpaired) electrons. The van der Waals surface area contributed by atoms with E-state index in [0.717, 1.165) is 145 Å². The number of aromatic nitrogens is 4. The van der Waals surface area contributed by atoms with E-state index in [1.54, 1.807) is 12.4 Å². The summed E-state index contributed by atoms with van der Waals surface area (Å²) in [7, 11) is 4.39. The van der Waals surface area contributed by atoms with E-state index in [9.17, 15) is 9.59 Å². The number of nitrogens with zero attached hydrogens (tertiary/aromatic N) is 8. The second kappa shape index (κ2) is 19.3. The molecule has 2 amide bonds. The topological polar surface area (TPSA) is 129 Å². The molecule has 68 heavy (non-hydrogen) atoms. The first-order chi connectivity index (χ1) is 33.1. The highest BCUT2D eigenvalue weighted by molar-refractivity contribution is 6.31. The third-order valence-electron chi connectivity index (χ3n) is 15.3. The van der Waals surface area contributed by atoms with Crippen molar-refractivity contribution in [3.63, 3.8) is 0 Å². The molecule has 4 aromatic heterocycles. The van der Waals surface area contributed by atoms with Crippen molar-refractivity contribution in [1.82, 2.24) is 49.3 Å². The summed E-state index contributed by atoms with van der Waals surface area (Å²) in [5, 5.41) is 3.32. The van der Waals surface area contributed by atoms with E-state index in [-0.39, 0.29) is 11.8 Å². The molecule has 6 aliphatic rings. The van der Waals surface area contributed by atoms with Crippen LogP contribution in [0, 0.1) is 0 Å². The van der Waals surface area contributed by atoms with Crippen LogP contribution in [0.1, 0.15) is 36.8 Å². The summed E-state index contributed by atoms with van der Waals surface area (Å²) in [6.45, 7) is 11.5. The Morgan fingerprint density at radius 1 is 0.544 bits per heavy atom. The van der Waals surface area contributed by atoms with Crippen molar-refractivity contribution in [2.75, 3.05) is 92.6 Å². The lowest BCUT2D eigenvalue weighted by atomic mass is 9.99. The zero-order valence-corrected chi connectivity index (χ0v) is 40.4. The molecule has 4 fully saturated rings. The number of fused-ring (bicyclic) bond motifs is 4. The number of piperazine rings is 2. The summed E-state index contributed by atoms with van der Waals surface area (Å²) in [5.74, 6) is 1.70. The zero-order chi connectivity index (χ0) is 46.5. The van der Waals surface area contributed by atoms with Crippen molar-refractivity contribution in [1.29, 1.82) is 0 Å². The first-order valence-corrected chi connectivity index (χ1v) is 25.1. The average Bonchev–Trinajstić information content (AvgIpc) is 4.21. The molecule has 16 heteroatoms. The van der Waals surface area contributed by atoms with Gasteiger partial charge in [0.2, 0.25) is 0 Å². The fraction of sp³-hybridized carbons (Fsp3) is 0.462. The Morgan fingerprint density at radius 2 is 0.941 bits per heavy atom. The molecule has 0 unspecified atom stereocenters. The predicted octanol–water partition coefficient (Wildman–Crippen LogP) is 6.85. The van der Waals surface area contributed by atoms with Crippen molar-refractivity contribution < 1.29 is 19.1 Å². The van der Waals surface area contributed by atoms with E-state index in [1.807, 2.05) is 70.7 Å². The molecule has 12 rings (SSSR count). The Morgan fingerprint density at radius 3 is 1.34 bits per heavy atom. The third-order valence-corrected chi connectivity index (χ3v) is 15.7. The number of aromatic amines is 2. The van der Waals surface area contributed by atoms with Crippen LogP contribution in [0.25, 0.3) is 44.3 Å². The summed E-state index contributed by atoms with van der Waals surface area (Å²) in [6.07, 6.45) is 12.3. The molecule has 2 N–H and O–H groups in total. The van der Waals surface area contributed by atoms with Gasteiger partial charge in [-0.3, -0.25) is 19.4 Å². The molecule has 2 aromatic carbocycles. The van der Waals surface area contributed by atoms with Crippen LogP contribution in [0.3, 0.4) is 0 Å². The molecule has 0 saturated carbocycles. The van der Waals surface area contributed by atoms with Gasteiger partial charge in [0.05, 0.1) is 0 Å². The number of likely N-dealkylation sites (tertiary alicyclic amines) is 2. The molecule has 6 aromatic rings. The lowest BCUT2D eigenvalue weighted by molar-refractivity contribution is -0.140. The van der Waals surface area contributed by atoms with Gasteiger partial charge in [0.25, 0.3) is 11.8 Å². The molecule has 4 saturated heterocycles. The molecular weight excluding hydrogens is 900 g/mol. The van der Waals surface area contributed by atoms with Gasteiger partial charge in [-0.2, -0.15) is 0 Å². The van der Waals surface area contributed by atoms with Crippen LogP contribution >= 0.6 is 23.2 Å². The summed E-state index contributed by atoms with van der Waals surface area (Å²) < 4.78 is 12.7. The first-order valence-electron chi connectivity index (χ1n) is 24.4. The van der Waals surface area contributed by atoms with Crippen LogP contribution in [-0.4, -0.2) is 178 Å². The van der Waals surface area contributed by atoms with E-state index < -0.39 is 12.2 Å². The normalized spacial score (nSPS) is 22.2. The fourth-order valence-electron chi connectivity index (χ4n) is 11.5. The molecule has 2 atom stereocenters. The maximum absolute atomic E-state index is 13.4. The van der Waals surface area contributed by atoms with Crippen LogP contribution in [0.5, 0.6) is 11.5 Å². The number of benzene rings is 2. The average molecular weight is 960 g/mol. The van der Waals surface area contributed by atoms with Gasteiger partial charge in [-0.05, 0) is 126 Å². The van der Waals surface area contributed by atoms with Crippen molar-refractivity contribution in [3.05, 3.63) is 94.5 Å². The van der Waals surface area contributed by atoms with E-state index in [1.165, 1.54) is 25.7 Å². The van der Waals surface area contributed by atoms with Crippen molar-refractivity contribution in [3.8, 4) is 33.8 Å². The molecule has 0 aliphatic carbocycles. The monoisotopic (exact) mass is 958 g/mol. The highest BCUT2D eigenvalue weighted by atomic mass is 35.5. The number of hydrogen-bond acceptors (Lipinski definition) is 10. The summed E-state index contributed by atoms with van der Waals surface area (Å²) in [4.78, 5) is 55.9. The van der Waals surface area contributed by atoms with E-state index >= 15 is 0 Å². The standard InChI is InChI=1S/2C26H30ClN5O2/c2*1-30-8-4-19(5-9-30)31-10-12-32(13-11-31)26(33)23-15-17-14-18(27)16-22(24(17)34-23)20-2-6-28-25-21(20)3-7-29-25/h2*2-3,6-7,14,16,19,23H,4-5,8-13,15H2,1H3,(H,28,29)/t2*23-/m10/s1. The maximum atomic E-state index is 13.4. The Labute approximate surface area is 407 Å². The van der Waals surface area contributed by atoms with Crippen molar-refractivity contribution in [2.45, 2.75) is 62.8 Å². The van der Waals surface area contributed by atoms with Crippen LogP contribution in [0.15, 0.2) is 73.3 Å². The van der Waals surface area contributed by atoms with Gasteiger partial charge in [0.15, 0.2) is 12.2 Å². The Kier molecular flexibility index (Phi) is 12.8.